The number of aryl methyl sites for hydroxylation is 3. The number of benzene rings is 2. The number of carboxylic acid groups (broad SMARTS) is 1. The topological polar surface area (TPSA) is 86.6 Å². The van der Waals surface area contributed by atoms with Gasteiger partial charge in [-0.2, -0.15) is 0 Å². The zero-order chi connectivity index (χ0) is 28.2. The molecule has 0 aromatic heterocycles. The van der Waals surface area contributed by atoms with E-state index in [2.05, 4.69) is 78.0 Å². The van der Waals surface area contributed by atoms with Crippen LogP contribution in [0.3, 0.4) is 0 Å². The highest BCUT2D eigenvalue weighted by molar-refractivity contribution is 5.97. The summed E-state index contributed by atoms with van der Waals surface area (Å²) in [5, 5.41) is 22.9. The molecule has 204 valence electrons. The monoisotopic (exact) mass is 509 g/mol. The molecule has 0 spiro atoms. The van der Waals surface area contributed by atoms with Crippen molar-refractivity contribution in [1.29, 1.82) is 0 Å². The predicted octanol–water partition coefficient (Wildman–Crippen LogP) is 6.73. The van der Waals surface area contributed by atoms with E-state index in [0.29, 0.717) is 5.56 Å². The molecule has 2 atom stereocenters. The number of carbonyl (C=O) groups excluding carboxylic acids is 1. The highest BCUT2D eigenvalue weighted by Gasteiger charge is 2.38. The second-order valence-electron chi connectivity index (χ2n) is 11.6. The third-order valence-electron chi connectivity index (χ3n) is 8.63. The second-order valence-corrected chi connectivity index (χ2v) is 11.6. The van der Waals surface area contributed by atoms with Crippen molar-refractivity contribution in [3.8, 4) is 0 Å². The summed E-state index contributed by atoms with van der Waals surface area (Å²) in [6.45, 7) is 18.3. The Balaban J connectivity index is 2.39. The Bertz CT molecular complexity index is 1110. The van der Waals surface area contributed by atoms with Crippen LogP contribution in [0.5, 0.6) is 0 Å². The Morgan fingerprint density at radius 2 is 1.43 bits per heavy atom. The minimum atomic E-state index is -1.06. The van der Waals surface area contributed by atoms with Gasteiger partial charge in [-0.1, -0.05) is 71.9 Å². The fourth-order valence-corrected chi connectivity index (χ4v) is 5.48. The summed E-state index contributed by atoms with van der Waals surface area (Å²) >= 11 is 0. The number of carbonyl (C=O) groups is 2. The summed E-state index contributed by atoms with van der Waals surface area (Å²) in [5.41, 5.74) is 5.12. The van der Waals surface area contributed by atoms with E-state index in [0.717, 1.165) is 43.2 Å². The van der Waals surface area contributed by atoms with Gasteiger partial charge in [0, 0.05) is 11.0 Å². The SMILES string of the molecule is CCC(CC)(c1ccc(CCC(O)(CC)C(C)(C)C)c(C)c1)c1ccc(C(=O)NC(C)C(=O)O)c(C)c1. The maximum atomic E-state index is 12.7. The van der Waals surface area contributed by atoms with E-state index in [1.54, 1.807) is 0 Å². The fraction of sp³-hybridized carbons (Fsp3) is 0.562. The largest absolute Gasteiger partial charge is 0.480 e. The molecule has 5 heteroatoms. The number of aliphatic hydroxyl groups is 1. The summed E-state index contributed by atoms with van der Waals surface area (Å²) in [5.74, 6) is -1.43. The number of rotatable bonds is 11. The van der Waals surface area contributed by atoms with E-state index in [1.165, 1.54) is 23.6 Å². The van der Waals surface area contributed by atoms with Crippen LogP contribution in [-0.4, -0.2) is 33.7 Å². The van der Waals surface area contributed by atoms with Crippen LogP contribution < -0.4 is 5.32 Å². The van der Waals surface area contributed by atoms with Crippen molar-refractivity contribution in [3.63, 3.8) is 0 Å². The number of amides is 1. The van der Waals surface area contributed by atoms with Crippen molar-refractivity contribution < 1.29 is 19.8 Å². The van der Waals surface area contributed by atoms with Gasteiger partial charge in [0.25, 0.3) is 5.91 Å². The molecule has 2 aromatic carbocycles. The number of carboxylic acids is 1. The standard InChI is InChI=1S/C32H47NO4/c1-10-31(11-2,26-15-16-27(22(5)20-26)28(34)33-23(6)29(35)36)25-14-13-24(21(4)19-25)17-18-32(37,12-3)30(7,8)9/h13-16,19-20,23,37H,10-12,17-18H2,1-9H3,(H,33,34)(H,35,36). The van der Waals surface area contributed by atoms with Crippen LogP contribution in [0.1, 0.15) is 112 Å². The molecule has 2 aromatic rings. The quantitative estimate of drug-likeness (QED) is 0.313. The molecule has 1 amide bonds. The van der Waals surface area contributed by atoms with Crippen molar-refractivity contribution in [2.75, 3.05) is 0 Å². The first-order valence-electron chi connectivity index (χ1n) is 13.6. The smallest absolute Gasteiger partial charge is 0.325 e. The molecular weight excluding hydrogens is 462 g/mol. The molecule has 0 aliphatic rings. The van der Waals surface area contributed by atoms with Crippen LogP contribution in [0.15, 0.2) is 36.4 Å². The van der Waals surface area contributed by atoms with Crippen molar-refractivity contribution >= 4 is 11.9 Å². The van der Waals surface area contributed by atoms with E-state index >= 15 is 0 Å². The highest BCUT2D eigenvalue weighted by Crippen LogP contribution is 2.41. The van der Waals surface area contributed by atoms with Gasteiger partial charge in [-0.3, -0.25) is 9.59 Å². The molecule has 0 fully saturated rings. The van der Waals surface area contributed by atoms with Gasteiger partial charge >= 0.3 is 5.97 Å². The molecule has 0 radical (unpaired) electrons. The van der Waals surface area contributed by atoms with Gasteiger partial charge in [-0.05, 0) is 92.2 Å². The Hall–Kier alpha value is -2.66. The number of hydrogen-bond acceptors (Lipinski definition) is 3. The molecule has 0 heterocycles. The lowest BCUT2D eigenvalue weighted by Crippen LogP contribution is -2.42. The van der Waals surface area contributed by atoms with Crippen molar-refractivity contribution in [3.05, 3.63) is 69.8 Å². The lowest BCUT2D eigenvalue weighted by atomic mass is 9.69. The van der Waals surface area contributed by atoms with Crippen LogP contribution in [0.25, 0.3) is 0 Å². The van der Waals surface area contributed by atoms with Crippen molar-refractivity contribution in [2.24, 2.45) is 5.41 Å². The first kappa shape index (κ1) is 30.6. The third-order valence-corrected chi connectivity index (χ3v) is 8.63. The van der Waals surface area contributed by atoms with Gasteiger partial charge in [0.1, 0.15) is 6.04 Å². The van der Waals surface area contributed by atoms with Gasteiger partial charge in [0.2, 0.25) is 0 Å². The molecule has 5 nitrogen and oxygen atoms in total. The lowest BCUT2D eigenvalue weighted by Gasteiger charge is -2.40. The molecule has 2 rings (SSSR count). The molecule has 0 saturated heterocycles. The second kappa shape index (κ2) is 11.8. The summed E-state index contributed by atoms with van der Waals surface area (Å²) < 4.78 is 0. The van der Waals surface area contributed by atoms with Crippen LogP contribution in [0.4, 0.5) is 0 Å². The minimum Gasteiger partial charge on any atom is -0.480 e. The molecule has 0 aliphatic carbocycles. The van der Waals surface area contributed by atoms with E-state index in [9.17, 15) is 14.7 Å². The molecule has 0 saturated carbocycles. The van der Waals surface area contributed by atoms with E-state index in [-0.39, 0.29) is 16.7 Å². The molecule has 2 unspecified atom stereocenters. The third kappa shape index (κ3) is 6.43. The zero-order valence-corrected chi connectivity index (χ0v) is 24.3. The highest BCUT2D eigenvalue weighted by atomic mass is 16.4. The van der Waals surface area contributed by atoms with Crippen molar-refractivity contribution in [1.82, 2.24) is 5.32 Å². The van der Waals surface area contributed by atoms with Crippen molar-refractivity contribution in [2.45, 2.75) is 111 Å². The predicted molar refractivity (Wildman–Crippen MR) is 151 cm³/mol. The normalized spacial score (nSPS) is 14.6. The zero-order valence-electron chi connectivity index (χ0n) is 24.3. The number of hydrogen-bond donors (Lipinski definition) is 3. The summed E-state index contributed by atoms with van der Waals surface area (Å²) in [6, 6.07) is 11.7. The maximum absolute atomic E-state index is 12.7. The molecule has 37 heavy (non-hydrogen) atoms. The minimum absolute atomic E-state index is 0.179. The van der Waals surface area contributed by atoms with E-state index < -0.39 is 17.6 Å². The average molecular weight is 510 g/mol. The molecular formula is C32H47NO4. The molecule has 3 N–H and O–H groups in total. The first-order chi connectivity index (χ1) is 17.2. The summed E-state index contributed by atoms with van der Waals surface area (Å²) in [6.07, 6.45) is 4.09. The van der Waals surface area contributed by atoms with Gasteiger partial charge in [-0.25, -0.2) is 0 Å². The summed E-state index contributed by atoms with van der Waals surface area (Å²) in [7, 11) is 0. The molecule has 0 bridgehead atoms. The van der Waals surface area contributed by atoms with Gasteiger partial charge < -0.3 is 15.5 Å². The van der Waals surface area contributed by atoms with Gasteiger partial charge in [0.05, 0.1) is 5.60 Å². The van der Waals surface area contributed by atoms with Crippen LogP contribution in [-0.2, 0) is 16.6 Å². The van der Waals surface area contributed by atoms with Crippen LogP contribution in [0, 0.1) is 19.3 Å². The van der Waals surface area contributed by atoms with Crippen LogP contribution in [0.2, 0.25) is 0 Å². The Kier molecular flexibility index (Phi) is 9.75. The van der Waals surface area contributed by atoms with Gasteiger partial charge in [0.15, 0.2) is 0 Å². The number of nitrogens with one attached hydrogen (secondary N) is 1. The number of aliphatic carboxylic acids is 1. The van der Waals surface area contributed by atoms with E-state index in [1.807, 2.05) is 19.1 Å². The average Bonchev–Trinajstić information content (AvgIpc) is 2.83. The Labute approximate surface area is 223 Å². The van der Waals surface area contributed by atoms with Gasteiger partial charge in [-0.15, -0.1) is 0 Å². The van der Waals surface area contributed by atoms with Crippen LogP contribution >= 0.6 is 0 Å². The Morgan fingerprint density at radius 1 is 0.892 bits per heavy atom. The van der Waals surface area contributed by atoms with E-state index in [4.69, 9.17) is 5.11 Å². The Morgan fingerprint density at radius 3 is 1.86 bits per heavy atom. The maximum Gasteiger partial charge on any atom is 0.325 e. The summed E-state index contributed by atoms with van der Waals surface area (Å²) in [4.78, 5) is 23.8. The lowest BCUT2D eigenvalue weighted by molar-refractivity contribution is -0.138. The molecule has 0 aliphatic heterocycles. The fourth-order valence-electron chi connectivity index (χ4n) is 5.48. The first-order valence-corrected chi connectivity index (χ1v) is 13.6.